The van der Waals surface area contributed by atoms with Crippen LogP contribution in [0, 0.1) is 0 Å². The highest BCUT2D eigenvalue weighted by molar-refractivity contribution is 5.92. The first kappa shape index (κ1) is 17.6. The van der Waals surface area contributed by atoms with Crippen LogP contribution in [0.4, 0.5) is 8.78 Å². The molecule has 3 rings (SSSR count). The molecule has 1 fully saturated rings. The Kier molecular flexibility index (Phi) is 5.17. The van der Waals surface area contributed by atoms with Gasteiger partial charge in [0, 0.05) is 32.2 Å². The Morgan fingerprint density at radius 1 is 1.40 bits per heavy atom. The molecule has 0 aromatic carbocycles. The summed E-state index contributed by atoms with van der Waals surface area (Å²) in [4.78, 5) is 18.2. The van der Waals surface area contributed by atoms with E-state index in [4.69, 9.17) is 0 Å². The van der Waals surface area contributed by atoms with Gasteiger partial charge in [0.2, 0.25) is 0 Å². The Morgan fingerprint density at radius 3 is 2.92 bits per heavy atom. The standard InChI is InChI=1S/C17H23F2N5O/c1-20-16(25)14-7-6-12(22(14)2)13-5-3-4-9-23(13)11-15-21-8-10-24(15)17(18)19/h6-8,10,13,17H,3-5,9,11H2,1-2H3,(H,20,25). The predicted molar refractivity (Wildman–Crippen MR) is 89.3 cm³/mol. The first-order valence-electron chi connectivity index (χ1n) is 8.44. The van der Waals surface area contributed by atoms with Crippen LogP contribution in [-0.4, -0.2) is 38.5 Å². The number of alkyl halides is 2. The van der Waals surface area contributed by atoms with E-state index in [0.717, 1.165) is 36.1 Å². The lowest BCUT2D eigenvalue weighted by Gasteiger charge is -2.36. The van der Waals surface area contributed by atoms with Crippen molar-refractivity contribution >= 4 is 5.91 Å². The molecule has 1 aliphatic rings. The molecule has 6 nitrogen and oxygen atoms in total. The van der Waals surface area contributed by atoms with E-state index < -0.39 is 6.55 Å². The van der Waals surface area contributed by atoms with Gasteiger partial charge < -0.3 is 9.88 Å². The summed E-state index contributed by atoms with van der Waals surface area (Å²) < 4.78 is 29.0. The molecule has 0 bridgehead atoms. The number of piperidine rings is 1. The van der Waals surface area contributed by atoms with Crippen LogP contribution in [0.15, 0.2) is 24.5 Å². The molecule has 1 aliphatic heterocycles. The molecule has 1 atom stereocenters. The normalized spacial score (nSPS) is 18.7. The van der Waals surface area contributed by atoms with E-state index in [-0.39, 0.29) is 11.9 Å². The quantitative estimate of drug-likeness (QED) is 0.901. The Balaban J connectivity index is 1.85. The summed E-state index contributed by atoms with van der Waals surface area (Å²) in [6.07, 6.45) is 5.75. The van der Waals surface area contributed by atoms with Crippen molar-refractivity contribution in [2.75, 3.05) is 13.6 Å². The van der Waals surface area contributed by atoms with E-state index in [0.29, 0.717) is 18.1 Å². The van der Waals surface area contributed by atoms with Crippen LogP contribution in [0.3, 0.4) is 0 Å². The maximum atomic E-state index is 13.1. The number of hydrogen-bond acceptors (Lipinski definition) is 3. The van der Waals surface area contributed by atoms with E-state index in [9.17, 15) is 13.6 Å². The SMILES string of the molecule is CNC(=O)c1ccc(C2CCCCN2Cc2nccn2C(F)F)n1C. The van der Waals surface area contributed by atoms with E-state index in [1.54, 1.807) is 13.1 Å². The van der Waals surface area contributed by atoms with Gasteiger partial charge in [-0.2, -0.15) is 8.78 Å². The number of halogens is 2. The molecule has 136 valence electrons. The number of rotatable bonds is 5. The molecule has 2 aromatic rings. The van der Waals surface area contributed by atoms with Crippen molar-refractivity contribution in [1.29, 1.82) is 0 Å². The van der Waals surface area contributed by atoms with Crippen LogP contribution in [0.5, 0.6) is 0 Å². The van der Waals surface area contributed by atoms with Gasteiger partial charge in [-0.05, 0) is 31.5 Å². The smallest absolute Gasteiger partial charge is 0.319 e. The number of carbonyl (C=O) groups excluding carboxylic acids is 1. The van der Waals surface area contributed by atoms with Gasteiger partial charge in [0.25, 0.3) is 5.91 Å². The summed E-state index contributed by atoms with van der Waals surface area (Å²) in [7, 11) is 3.47. The first-order valence-corrected chi connectivity index (χ1v) is 8.44. The maximum Gasteiger partial charge on any atom is 0.319 e. The van der Waals surface area contributed by atoms with Crippen LogP contribution in [0.1, 0.15) is 53.9 Å². The van der Waals surface area contributed by atoms with Gasteiger partial charge >= 0.3 is 6.55 Å². The zero-order valence-electron chi connectivity index (χ0n) is 14.5. The number of hydrogen-bond donors (Lipinski definition) is 1. The third-order valence-corrected chi connectivity index (χ3v) is 4.88. The van der Waals surface area contributed by atoms with Crippen LogP contribution in [-0.2, 0) is 13.6 Å². The number of amides is 1. The average Bonchev–Trinajstić information content (AvgIpc) is 3.21. The minimum atomic E-state index is -2.59. The van der Waals surface area contributed by atoms with Crippen LogP contribution < -0.4 is 5.32 Å². The summed E-state index contributed by atoms with van der Waals surface area (Å²) in [6.45, 7) is -1.40. The second-order valence-electron chi connectivity index (χ2n) is 6.29. The fourth-order valence-electron chi connectivity index (χ4n) is 3.56. The Bertz CT molecular complexity index is 739. The molecule has 0 aliphatic carbocycles. The largest absolute Gasteiger partial charge is 0.354 e. The lowest BCUT2D eigenvalue weighted by atomic mass is 9.99. The lowest BCUT2D eigenvalue weighted by molar-refractivity contribution is 0.0590. The number of imidazole rings is 1. The van der Waals surface area contributed by atoms with E-state index in [1.165, 1.54) is 12.4 Å². The molecular formula is C17H23F2N5O. The van der Waals surface area contributed by atoms with Gasteiger partial charge in [-0.3, -0.25) is 14.3 Å². The van der Waals surface area contributed by atoms with Crippen LogP contribution in [0.2, 0.25) is 0 Å². The fraction of sp³-hybridized carbons (Fsp3) is 0.529. The Morgan fingerprint density at radius 2 is 2.20 bits per heavy atom. The summed E-state index contributed by atoms with van der Waals surface area (Å²) in [5, 5.41) is 2.64. The number of likely N-dealkylation sites (tertiary alicyclic amines) is 1. The molecule has 1 N–H and O–H groups in total. The van der Waals surface area contributed by atoms with Gasteiger partial charge in [0.05, 0.1) is 12.6 Å². The highest BCUT2D eigenvalue weighted by atomic mass is 19.3. The van der Waals surface area contributed by atoms with Crippen molar-refractivity contribution in [2.24, 2.45) is 7.05 Å². The average molecular weight is 351 g/mol. The van der Waals surface area contributed by atoms with Gasteiger partial charge in [0.1, 0.15) is 11.5 Å². The molecule has 2 aromatic heterocycles. The molecule has 1 saturated heterocycles. The third kappa shape index (κ3) is 3.44. The second kappa shape index (κ2) is 7.35. The van der Waals surface area contributed by atoms with Crippen molar-refractivity contribution in [1.82, 2.24) is 24.3 Å². The molecule has 3 heterocycles. The summed E-state index contributed by atoms with van der Waals surface area (Å²) in [6, 6.07) is 3.84. The summed E-state index contributed by atoms with van der Waals surface area (Å²) in [5.41, 5.74) is 1.62. The van der Waals surface area contributed by atoms with Gasteiger partial charge in [0.15, 0.2) is 0 Å². The van der Waals surface area contributed by atoms with Crippen molar-refractivity contribution in [3.8, 4) is 0 Å². The fourth-order valence-corrected chi connectivity index (χ4v) is 3.56. The maximum absolute atomic E-state index is 13.1. The van der Waals surface area contributed by atoms with Crippen LogP contribution in [0.25, 0.3) is 0 Å². The third-order valence-electron chi connectivity index (χ3n) is 4.88. The molecule has 25 heavy (non-hydrogen) atoms. The molecule has 1 amide bonds. The lowest BCUT2D eigenvalue weighted by Crippen LogP contribution is -2.35. The molecule has 0 spiro atoms. The Labute approximate surface area is 145 Å². The topological polar surface area (TPSA) is 55.1 Å². The molecule has 8 heteroatoms. The van der Waals surface area contributed by atoms with Crippen molar-refractivity contribution in [3.05, 3.63) is 41.7 Å². The minimum absolute atomic E-state index is 0.0833. The van der Waals surface area contributed by atoms with Crippen molar-refractivity contribution in [2.45, 2.75) is 38.4 Å². The summed E-state index contributed by atoms with van der Waals surface area (Å²) in [5.74, 6) is 0.229. The zero-order chi connectivity index (χ0) is 18.0. The summed E-state index contributed by atoms with van der Waals surface area (Å²) >= 11 is 0. The van der Waals surface area contributed by atoms with E-state index in [2.05, 4.69) is 15.2 Å². The first-order chi connectivity index (χ1) is 12.0. The highest BCUT2D eigenvalue weighted by Crippen LogP contribution is 2.33. The Hall–Kier alpha value is -2.22. The number of nitrogens with one attached hydrogen (secondary N) is 1. The van der Waals surface area contributed by atoms with Crippen LogP contribution >= 0.6 is 0 Å². The van der Waals surface area contributed by atoms with E-state index >= 15 is 0 Å². The highest BCUT2D eigenvalue weighted by Gasteiger charge is 2.28. The molecule has 0 saturated carbocycles. The predicted octanol–water partition coefficient (Wildman–Crippen LogP) is 2.70. The second-order valence-corrected chi connectivity index (χ2v) is 6.29. The number of carbonyl (C=O) groups is 1. The number of nitrogens with zero attached hydrogens (tertiary/aromatic N) is 4. The zero-order valence-corrected chi connectivity index (χ0v) is 14.5. The molecule has 0 radical (unpaired) electrons. The van der Waals surface area contributed by atoms with Gasteiger partial charge in [-0.15, -0.1) is 0 Å². The molecular weight excluding hydrogens is 328 g/mol. The van der Waals surface area contributed by atoms with Crippen molar-refractivity contribution in [3.63, 3.8) is 0 Å². The minimum Gasteiger partial charge on any atom is -0.354 e. The van der Waals surface area contributed by atoms with Gasteiger partial charge in [-0.1, -0.05) is 6.42 Å². The van der Waals surface area contributed by atoms with Crippen molar-refractivity contribution < 1.29 is 13.6 Å². The number of aromatic nitrogens is 3. The molecule has 1 unspecified atom stereocenters. The monoisotopic (exact) mass is 351 g/mol. The van der Waals surface area contributed by atoms with E-state index in [1.807, 2.05) is 17.7 Å². The van der Waals surface area contributed by atoms with Gasteiger partial charge in [-0.25, -0.2) is 4.98 Å².